The van der Waals surface area contributed by atoms with Gasteiger partial charge in [-0.05, 0) is 63.1 Å². The summed E-state index contributed by atoms with van der Waals surface area (Å²) < 4.78 is 6.00. The number of carboxylic acids is 1. The molecule has 0 radical (unpaired) electrons. The van der Waals surface area contributed by atoms with Crippen molar-refractivity contribution in [3.05, 3.63) is 35.1 Å². The van der Waals surface area contributed by atoms with Gasteiger partial charge in [-0.3, -0.25) is 14.6 Å². The van der Waals surface area contributed by atoms with Crippen LogP contribution >= 0.6 is 0 Å². The lowest BCUT2D eigenvalue weighted by Crippen LogP contribution is -2.44. The third-order valence-electron chi connectivity index (χ3n) is 5.13. The van der Waals surface area contributed by atoms with E-state index >= 15 is 0 Å². The first-order valence-corrected chi connectivity index (χ1v) is 8.56. The minimum absolute atomic E-state index is 0.118. The van der Waals surface area contributed by atoms with Gasteiger partial charge in [0.15, 0.2) is 0 Å². The molecule has 5 heteroatoms. The van der Waals surface area contributed by atoms with E-state index in [1.54, 1.807) is 0 Å². The Bertz CT molecular complexity index is 691. The summed E-state index contributed by atoms with van der Waals surface area (Å²) in [5.74, 6) is 0.250. The van der Waals surface area contributed by atoms with Gasteiger partial charge < -0.3 is 9.52 Å². The summed E-state index contributed by atoms with van der Waals surface area (Å²) in [5, 5.41) is 10.1. The van der Waals surface area contributed by atoms with E-state index in [1.165, 1.54) is 16.5 Å². The van der Waals surface area contributed by atoms with Crippen molar-refractivity contribution >= 4 is 16.9 Å². The van der Waals surface area contributed by atoms with E-state index in [0.717, 1.165) is 43.8 Å². The van der Waals surface area contributed by atoms with Gasteiger partial charge >= 0.3 is 5.97 Å². The number of benzene rings is 1. The third-order valence-corrected chi connectivity index (χ3v) is 5.13. The van der Waals surface area contributed by atoms with E-state index in [9.17, 15) is 4.79 Å². The van der Waals surface area contributed by atoms with Gasteiger partial charge in [0.2, 0.25) is 0 Å². The lowest BCUT2D eigenvalue weighted by molar-refractivity contribution is -0.138. The zero-order chi connectivity index (χ0) is 17.3. The van der Waals surface area contributed by atoms with Crippen LogP contribution in [0.5, 0.6) is 0 Å². The second-order valence-corrected chi connectivity index (χ2v) is 7.00. The van der Waals surface area contributed by atoms with Gasteiger partial charge in [0.25, 0.3) is 0 Å². The quantitative estimate of drug-likeness (QED) is 0.913. The molecule has 1 fully saturated rings. The number of hydrogen-bond acceptors (Lipinski definition) is 4. The zero-order valence-electron chi connectivity index (χ0n) is 14.7. The number of carboxylic acid groups (broad SMARTS) is 1. The van der Waals surface area contributed by atoms with Crippen LogP contribution in [0.1, 0.15) is 29.7 Å². The molecule has 1 saturated heterocycles. The molecule has 0 saturated carbocycles. The fraction of sp³-hybridized carbons (Fsp3) is 0.526. The number of likely N-dealkylation sites (N-methyl/N-ethyl adjacent to an activating group) is 1. The molecule has 24 heavy (non-hydrogen) atoms. The van der Waals surface area contributed by atoms with E-state index in [1.807, 2.05) is 11.9 Å². The van der Waals surface area contributed by atoms with Gasteiger partial charge in [0.05, 0.1) is 13.1 Å². The number of rotatable bonds is 5. The molecule has 0 amide bonds. The van der Waals surface area contributed by atoms with Gasteiger partial charge in [0, 0.05) is 24.5 Å². The highest BCUT2D eigenvalue weighted by molar-refractivity contribution is 5.79. The first-order valence-electron chi connectivity index (χ1n) is 8.56. The van der Waals surface area contributed by atoms with Gasteiger partial charge in [0.1, 0.15) is 11.3 Å². The molecule has 130 valence electrons. The molecule has 0 unspecified atom stereocenters. The molecule has 2 heterocycles. The molecular weight excluding hydrogens is 304 g/mol. The fourth-order valence-electron chi connectivity index (χ4n) is 3.52. The maximum atomic E-state index is 10.8. The van der Waals surface area contributed by atoms with Gasteiger partial charge in [-0.2, -0.15) is 0 Å². The van der Waals surface area contributed by atoms with Crippen LogP contribution in [0.2, 0.25) is 0 Å². The number of hydrogen-bond donors (Lipinski definition) is 1. The van der Waals surface area contributed by atoms with Crippen molar-refractivity contribution in [2.45, 2.75) is 39.3 Å². The van der Waals surface area contributed by atoms with Crippen LogP contribution in [0.15, 0.2) is 22.6 Å². The first-order chi connectivity index (χ1) is 11.4. The van der Waals surface area contributed by atoms with E-state index in [0.29, 0.717) is 6.04 Å². The zero-order valence-corrected chi connectivity index (χ0v) is 14.7. The summed E-state index contributed by atoms with van der Waals surface area (Å²) in [5.41, 5.74) is 3.51. The predicted molar refractivity (Wildman–Crippen MR) is 94.3 cm³/mol. The molecule has 1 aliphatic rings. The fourth-order valence-corrected chi connectivity index (χ4v) is 3.52. The Morgan fingerprint density at radius 3 is 2.58 bits per heavy atom. The number of carbonyl (C=O) groups is 1. The lowest BCUT2D eigenvalue weighted by atomic mass is 10.0. The molecule has 2 aromatic rings. The van der Waals surface area contributed by atoms with Crippen LogP contribution in [-0.2, 0) is 11.3 Å². The van der Waals surface area contributed by atoms with Crippen LogP contribution in [0.25, 0.3) is 11.0 Å². The van der Waals surface area contributed by atoms with Crippen LogP contribution < -0.4 is 0 Å². The molecule has 1 aromatic carbocycles. The third kappa shape index (κ3) is 3.79. The molecule has 0 spiro atoms. The van der Waals surface area contributed by atoms with Gasteiger partial charge in [-0.1, -0.05) is 0 Å². The Kier molecular flexibility index (Phi) is 4.92. The molecule has 0 atom stereocenters. The number of likely N-dealkylation sites (tertiary alicyclic amines) is 1. The van der Waals surface area contributed by atoms with Crippen molar-refractivity contribution < 1.29 is 14.3 Å². The Labute approximate surface area is 142 Å². The SMILES string of the molecule is Cc1cc2cc(CN3CCC(N(C)CC(=O)O)CC3)oc2cc1C. The van der Waals surface area contributed by atoms with Crippen molar-refractivity contribution in [2.75, 3.05) is 26.7 Å². The topological polar surface area (TPSA) is 56.9 Å². The van der Waals surface area contributed by atoms with Crippen molar-refractivity contribution in [2.24, 2.45) is 0 Å². The molecule has 1 aliphatic heterocycles. The highest BCUT2D eigenvalue weighted by Crippen LogP contribution is 2.25. The highest BCUT2D eigenvalue weighted by atomic mass is 16.4. The monoisotopic (exact) mass is 330 g/mol. The van der Waals surface area contributed by atoms with Gasteiger partial charge in [-0.25, -0.2) is 0 Å². The average molecular weight is 330 g/mol. The van der Waals surface area contributed by atoms with Crippen molar-refractivity contribution in [3.8, 4) is 0 Å². The van der Waals surface area contributed by atoms with Crippen molar-refractivity contribution in [3.63, 3.8) is 0 Å². The summed E-state index contributed by atoms with van der Waals surface area (Å²) >= 11 is 0. The Morgan fingerprint density at radius 1 is 1.25 bits per heavy atom. The number of aryl methyl sites for hydroxylation is 2. The van der Waals surface area contributed by atoms with E-state index in [4.69, 9.17) is 9.52 Å². The first kappa shape index (κ1) is 17.0. The predicted octanol–water partition coefficient (Wildman–Crippen LogP) is 3.03. The Balaban J connectivity index is 1.59. The molecule has 5 nitrogen and oxygen atoms in total. The smallest absolute Gasteiger partial charge is 0.317 e. The van der Waals surface area contributed by atoms with Crippen LogP contribution in [0.3, 0.4) is 0 Å². The molecule has 1 N–H and O–H groups in total. The summed E-state index contributed by atoms with van der Waals surface area (Å²) in [7, 11) is 1.90. The number of piperidine rings is 1. The van der Waals surface area contributed by atoms with E-state index in [2.05, 4.69) is 36.9 Å². The standard InChI is InChI=1S/C19H26N2O3/c1-13-8-15-10-17(24-18(15)9-14(13)2)11-21-6-4-16(5-7-21)20(3)12-19(22)23/h8-10,16H,4-7,11-12H2,1-3H3,(H,22,23). The lowest BCUT2D eigenvalue weighted by Gasteiger charge is -2.35. The molecule has 0 bridgehead atoms. The maximum absolute atomic E-state index is 10.8. The second-order valence-electron chi connectivity index (χ2n) is 7.00. The van der Waals surface area contributed by atoms with Crippen molar-refractivity contribution in [1.82, 2.24) is 9.80 Å². The number of nitrogens with zero attached hydrogens (tertiary/aromatic N) is 2. The Hall–Kier alpha value is -1.85. The normalized spacial score (nSPS) is 17.0. The van der Waals surface area contributed by atoms with E-state index < -0.39 is 5.97 Å². The summed E-state index contributed by atoms with van der Waals surface area (Å²) in [6, 6.07) is 6.80. The number of aliphatic carboxylic acids is 1. The van der Waals surface area contributed by atoms with Crippen LogP contribution in [-0.4, -0.2) is 53.6 Å². The molecule has 3 rings (SSSR count). The van der Waals surface area contributed by atoms with E-state index in [-0.39, 0.29) is 6.54 Å². The second kappa shape index (κ2) is 6.95. The minimum Gasteiger partial charge on any atom is -0.480 e. The van der Waals surface area contributed by atoms with Crippen molar-refractivity contribution in [1.29, 1.82) is 0 Å². The summed E-state index contributed by atoms with van der Waals surface area (Å²) in [4.78, 5) is 15.2. The minimum atomic E-state index is -0.757. The van der Waals surface area contributed by atoms with Gasteiger partial charge in [-0.15, -0.1) is 0 Å². The van der Waals surface area contributed by atoms with Crippen LogP contribution in [0, 0.1) is 13.8 Å². The molecular formula is C19H26N2O3. The summed E-state index contributed by atoms with van der Waals surface area (Å²) in [6.07, 6.45) is 2.00. The largest absolute Gasteiger partial charge is 0.480 e. The molecule has 1 aromatic heterocycles. The van der Waals surface area contributed by atoms with Crippen LogP contribution in [0.4, 0.5) is 0 Å². The molecule has 0 aliphatic carbocycles. The Morgan fingerprint density at radius 2 is 1.92 bits per heavy atom. The average Bonchev–Trinajstić information content (AvgIpc) is 2.89. The summed E-state index contributed by atoms with van der Waals surface area (Å²) in [6.45, 7) is 7.12. The maximum Gasteiger partial charge on any atom is 0.317 e. The number of furan rings is 1. The highest BCUT2D eigenvalue weighted by Gasteiger charge is 2.24. The number of fused-ring (bicyclic) bond motifs is 1.